The summed E-state index contributed by atoms with van der Waals surface area (Å²) in [7, 11) is 2.88. The van der Waals surface area contributed by atoms with Crippen LogP contribution >= 0.6 is 0 Å². The van der Waals surface area contributed by atoms with Crippen LogP contribution in [0.3, 0.4) is 0 Å². The minimum absolute atomic E-state index is 0.0271. The molecule has 0 bridgehead atoms. The monoisotopic (exact) mass is 306 g/mol. The first-order valence-electron chi connectivity index (χ1n) is 7.16. The highest BCUT2D eigenvalue weighted by Gasteiger charge is 2.18. The Kier molecular flexibility index (Phi) is 6.56. The van der Waals surface area contributed by atoms with Crippen LogP contribution in [0.5, 0.6) is 0 Å². The number of likely N-dealkylation sites (N-methyl/N-ethyl adjacent to an activating group) is 2. The molecule has 0 saturated carbocycles. The summed E-state index contributed by atoms with van der Waals surface area (Å²) in [5.74, 6) is -0.812. The zero-order valence-electron chi connectivity index (χ0n) is 13.5. The number of carbonyl (C=O) groups is 3. The zero-order valence-corrected chi connectivity index (χ0v) is 13.5. The van der Waals surface area contributed by atoms with Gasteiger partial charge in [-0.1, -0.05) is 0 Å². The van der Waals surface area contributed by atoms with Crippen LogP contribution < -0.4 is 0 Å². The number of nitrogens with zero attached hydrogens (tertiary/aromatic N) is 2. The highest BCUT2D eigenvalue weighted by atomic mass is 16.5. The van der Waals surface area contributed by atoms with Crippen LogP contribution in [0.4, 0.5) is 0 Å². The van der Waals surface area contributed by atoms with Gasteiger partial charge in [-0.15, -0.1) is 0 Å². The fraction of sp³-hybridized carbons (Fsp3) is 0.438. The third-order valence-electron chi connectivity index (χ3n) is 3.39. The maximum atomic E-state index is 12.3. The largest absolute Gasteiger partial charge is 0.465 e. The predicted molar refractivity (Wildman–Crippen MR) is 82.7 cm³/mol. The molecule has 0 aromatic heterocycles. The minimum Gasteiger partial charge on any atom is -0.465 e. The van der Waals surface area contributed by atoms with Gasteiger partial charge < -0.3 is 14.5 Å². The Morgan fingerprint density at radius 3 is 1.95 bits per heavy atom. The molecule has 0 atom stereocenters. The van der Waals surface area contributed by atoms with Gasteiger partial charge in [-0.3, -0.25) is 9.59 Å². The number of amides is 2. The molecular weight excluding hydrogens is 284 g/mol. The zero-order chi connectivity index (χ0) is 16.7. The van der Waals surface area contributed by atoms with Gasteiger partial charge in [-0.2, -0.15) is 0 Å². The lowest BCUT2D eigenvalue weighted by molar-refractivity contribution is -0.131. The highest BCUT2D eigenvalue weighted by Crippen LogP contribution is 2.08. The van der Waals surface area contributed by atoms with Crippen molar-refractivity contribution < 1.29 is 19.1 Å². The van der Waals surface area contributed by atoms with Gasteiger partial charge in [0, 0.05) is 25.7 Å². The molecule has 0 unspecified atom stereocenters. The Morgan fingerprint density at radius 2 is 1.50 bits per heavy atom. The van der Waals surface area contributed by atoms with Crippen LogP contribution in [0.2, 0.25) is 0 Å². The van der Waals surface area contributed by atoms with E-state index >= 15 is 0 Å². The van der Waals surface area contributed by atoms with E-state index in [9.17, 15) is 14.4 Å². The number of methoxy groups -OCH3 is 1. The standard InChI is InChI=1S/C16H22N2O4/c1-5-18(6-2)14(19)11-17(3)15(20)12-7-9-13(10-8-12)16(21)22-4/h7-10H,5-6,11H2,1-4H3. The fourth-order valence-corrected chi connectivity index (χ4v) is 2.04. The molecule has 1 aromatic carbocycles. The first-order valence-corrected chi connectivity index (χ1v) is 7.16. The van der Waals surface area contributed by atoms with Gasteiger partial charge in [-0.25, -0.2) is 4.79 Å². The number of carbonyl (C=O) groups excluding carboxylic acids is 3. The third-order valence-corrected chi connectivity index (χ3v) is 3.39. The van der Waals surface area contributed by atoms with Gasteiger partial charge in [-0.05, 0) is 38.1 Å². The van der Waals surface area contributed by atoms with Gasteiger partial charge in [0.05, 0.1) is 19.2 Å². The molecule has 0 aliphatic rings. The number of rotatable bonds is 6. The first-order chi connectivity index (χ1) is 10.4. The van der Waals surface area contributed by atoms with Gasteiger partial charge in [0.1, 0.15) is 0 Å². The molecule has 0 fully saturated rings. The normalized spacial score (nSPS) is 10.0. The van der Waals surface area contributed by atoms with E-state index in [1.165, 1.54) is 24.1 Å². The van der Waals surface area contributed by atoms with E-state index in [2.05, 4.69) is 4.74 Å². The van der Waals surface area contributed by atoms with E-state index in [4.69, 9.17) is 0 Å². The summed E-state index contributed by atoms with van der Waals surface area (Å²) in [5, 5.41) is 0. The average molecular weight is 306 g/mol. The summed E-state index contributed by atoms with van der Waals surface area (Å²) >= 11 is 0. The third kappa shape index (κ3) is 4.31. The van der Waals surface area contributed by atoms with E-state index in [1.807, 2.05) is 13.8 Å². The molecule has 1 rings (SSSR count). The van der Waals surface area contributed by atoms with E-state index < -0.39 is 5.97 Å². The van der Waals surface area contributed by atoms with Crippen LogP contribution in [-0.4, -0.2) is 61.4 Å². The van der Waals surface area contributed by atoms with Crippen molar-refractivity contribution >= 4 is 17.8 Å². The molecule has 120 valence electrons. The van der Waals surface area contributed by atoms with Crippen molar-refractivity contribution in [1.29, 1.82) is 0 Å². The van der Waals surface area contributed by atoms with Crippen LogP contribution in [0, 0.1) is 0 Å². The topological polar surface area (TPSA) is 66.9 Å². The summed E-state index contributed by atoms with van der Waals surface area (Å²) in [5.41, 5.74) is 0.795. The lowest BCUT2D eigenvalue weighted by Gasteiger charge is -2.23. The number of benzene rings is 1. The average Bonchev–Trinajstić information content (AvgIpc) is 2.54. The molecule has 0 aliphatic heterocycles. The van der Waals surface area contributed by atoms with Crippen LogP contribution in [0.1, 0.15) is 34.6 Å². The van der Waals surface area contributed by atoms with Crippen LogP contribution in [-0.2, 0) is 9.53 Å². The summed E-state index contributed by atoms with van der Waals surface area (Å²) in [6, 6.07) is 6.15. The van der Waals surface area contributed by atoms with Crippen molar-refractivity contribution in [3.63, 3.8) is 0 Å². The minimum atomic E-state index is -0.455. The van der Waals surface area contributed by atoms with E-state index in [0.29, 0.717) is 24.2 Å². The molecule has 2 amide bonds. The summed E-state index contributed by atoms with van der Waals surface area (Å²) in [6.07, 6.45) is 0. The number of hydrogen-bond donors (Lipinski definition) is 0. The SMILES string of the molecule is CCN(CC)C(=O)CN(C)C(=O)c1ccc(C(=O)OC)cc1. The molecule has 6 heteroatoms. The molecule has 0 aliphatic carbocycles. The molecule has 0 radical (unpaired) electrons. The summed E-state index contributed by atoms with van der Waals surface area (Å²) in [4.78, 5) is 38.7. The van der Waals surface area contributed by atoms with Crippen molar-refractivity contribution in [1.82, 2.24) is 9.80 Å². The predicted octanol–water partition coefficient (Wildman–Crippen LogP) is 1.41. The molecule has 0 heterocycles. The second kappa shape index (κ2) is 8.17. The van der Waals surface area contributed by atoms with Crippen LogP contribution in [0.15, 0.2) is 24.3 Å². The second-order valence-corrected chi connectivity index (χ2v) is 4.80. The van der Waals surface area contributed by atoms with E-state index in [-0.39, 0.29) is 18.4 Å². The number of ether oxygens (including phenoxy) is 1. The number of esters is 1. The molecule has 1 aromatic rings. The Morgan fingerprint density at radius 1 is 1.00 bits per heavy atom. The molecular formula is C16H22N2O4. The molecule has 0 saturated heterocycles. The Bertz CT molecular complexity index is 536. The maximum absolute atomic E-state index is 12.3. The van der Waals surface area contributed by atoms with Crippen molar-refractivity contribution in [3.8, 4) is 0 Å². The van der Waals surface area contributed by atoms with Crippen molar-refractivity contribution in [2.75, 3.05) is 33.8 Å². The molecule has 6 nitrogen and oxygen atoms in total. The second-order valence-electron chi connectivity index (χ2n) is 4.80. The van der Waals surface area contributed by atoms with E-state index in [0.717, 1.165) is 0 Å². The van der Waals surface area contributed by atoms with Crippen molar-refractivity contribution in [3.05, 3.63) is 35.4 Å². The molecule has 0 N–H and O–H groups in total. The van der Waals surface area contributed by atoms with E-state index in [1.54, 1.807) is 24.1 Å². The van der Waals surface area contributed by atoms with Crippen molar-refractivity contribution in [2.45, 2.75) is 13.8 Å². The van der Waals surface area contributed by atoms with Crippen LogP contribution in [0.25, 0.3) is 0 Å². The first kappa shape index (κ1) is 17.7. The maximum Gasteiger partial charge on any atom is 0.337 e. The number of hydrogen-bond acceptors (Lipinski definition) is 4. The lowest BCUT2D eigenvalue weighted by Crippen LogP contribution is -2.41. The van der Waals surface area contributed by atoms with Gasteiger partial charge in [0.15, 0.2) is 0 Å². The highest BCUT2D eigenvalue weighted by molar-refractivity contribution is 5.97. The Balaban J connectivity index is 2.74. The summed E-state index contributed by atoms with van der Waals surface area (Å²) < 4.78 is 4.60. The van der Waals surface area contributed by atoms with Crippen molar-refractivity contribution in [2.24, 2.45) is 0 Å². The van der Waals surface area contributed by atoms with Gasteiger partial charge in [0.2, 0.25) is 5.91 Å². The Hall–Kier alpha value is -2.37. The smallest absolute Gasteiger partial charge is 0.337 e. The molecule has 22 heavy (non-hydrogen) atoms. The summed E-state index contributed by atoms with van der Waals surface area (Å²) in [6.45, 7) is 5.05. The molecule has 0 spiro atoms. The van der Waals surface area contributed by atoms with Gasteiger partial charge >= 0.3 is 5.97 Å². The Labute approximate surface area is 130 Å². The lowest BCUT2D eigenvalue weighted by atomic mass is 10.1. The quantitative estimate of drug-likeness (QED) is 0.745. The van der Waals surface area contributed by atoms with Gasteiger partial charge in [0.25, 0.3) is 5.91 Å². The fourth-order valence-electron chi connectivity index (χ4n) is 2.04.